The third-order valence-electron chi connectivity index (χ3n) is 2.86. The molecule has 18 heavy (non-hydrogen) atoms. The van der Waals surface area contributed by atoms with E-state index in [4.69, 9.17) is 5.73 Å². The molecule has 3 N–H and O–H groups in total. The highest BCUT2D eigenvalue weighted by atomic mass is 19.4. The van der Waals surface area contributed by atoms with Gasteiger partial charge in [0.2, 0.25) is 5.95 Å². The zero-order chi connectivity index (χ0) is 13.3. The molecule has 1 aliphatic rings. The van der Waals surface area contributed by atoms with Crippen molar-refractivity contribution in [3.05, 3.63) is 22.1 Å². The quantitative estimate of drug-likeness (QED) is 0.782. The minimum Gasteiger partial charge on any atom is -0.342 e. The van der Waals surface area contributed by atoms with Crippen LogP contribution in [0.3, 0.4) is 0 Å². The molecular weight excluding hydrogens is 249 g/mol. The van der Waals surface area contributed by atoms with Crippen molar-refractivity contribution in [1.29, 1.82) is 0 Å². The minimum atomic E-state index is -4.62. The lowest BCUT2D eigenvalue weighted by molar-refractivity contribution is -0.141. The fourth-order valence-electron chi connectivity index (χ4n) is 1.85. The first-order valence-corrected chi connectivity index (χ1v) is 5.55. The molecule has 0 bridgehead atoms. The molecule has 0 aliphatic carbocycles. The van der Waals surface area contributed by atoms with E-state index >= 15 is 0 Å². The second-order valence-corrected chi connectivity index (χ2v) is 4.28. The Morgan fingerprint density at radius 3 is 2.56 bits per heavy atom. The standard InChI is InChI=1S/C10H13F3N4O/c11-10(12,13)7-5-8(18)16-9(15-7)17-3-1-6(14)2-4-17/h5-6H,1-4,14H2,(H,15,16,18). The molecule has 0 saturated carbocycles. The van der Waals surface area contributed by atoms with Gasteiger partial charge in [0, 0.05) is 25.2 Å². The number of aromatic amines is 1. The average molecular weight is 262 g/mol. The van der Waals surface area contributed by atoms with E-state index in [0.717, 1.165) is 0 Å². The van der Waals surface area contributed by atoms with E-state index in [9.17, 15) is 18.0 Å². The smallest absolute Gasteiger partial charge is 0.342 e. The van der Waals surface area contributed by atoms with E-state index in [1.54, 1.807) is 4.90 Å². The Labute approximate surface area is 101 Å². The molecule has 0 unspecified atom stereocenters. The molecule has 1 aromatic heterocycles. The summed E-state index contributed by atoms with van der Waals surface area (Å²) in [5, 5.41) is 0. The number of aromatic nitrogens is 2. The second-order valence-electron chi connectivity index (χ2n) is 4.28. The number of H-pyrrole nitrogens is 1. The van der Waals surface area contributed by atoms with Gasteiger partial charge in [-0.1, -0.05) is 0 Å². The number of anilines is 1. The van der Waals surface area contributed by atoms with Crippen molar-refractivity contribution < 1.29 is 13.2 Å². The molecule has 0 atom stereocenters. The Balaban J connectivity index is 2.28. The van der Waals surface area contributed by atoms with E-state index in [1.165, 1.54) is 0 Å². The van der Waals surface area contributed by atoms with Crippen LogP contribution in [0.15, 0.2) is 10.9 Å². The molecule has 1 aliphatic heterocycles. The number of alkyl halides is 3. The number of piperidine rings is 1. The Kier molecular flexibility index (Phi) is 3.29. The summed E-state index contributed by atoms with van der Waals surface area (Å²) in [4.78, 5) is 18.6. The zero-order valence-electron chi connectivity index (χ0n) is 9.50. The molecule has 2 heterocycles. The summed E-state index contributed by atoms with van der Waals surface area (Å²) in [5.41, 5.74) is 3.73. The molecule has 1 saturated heterocycles. The van der Waals surface area contributed by atoms with Crippen molar-refractivity contribution in [2.45, 2.75) is 25.1 Å². The Morgan fingerprint density at radius 1 is 1.39 bits per heavy atom. The molecule has 2 rings (SSSR count). The Bertz CT molecular complexity index is 477. The monoisotopic (exact) mass is 262 g/mol. The number of nitrogens with zero attached hydrogens (tertiary/aromatic N) is 2. The van der Waals surface area contributed by atoms with Crippen molar-refractivity contribution in [3.63, 3.8) is 0 Å². The van der Waals surface area contributed by atoms with Crippen molar-refractivity contribution in [2.75, 3.05) is 18.0 Å². The first-order chi connectivity index (χ1) is 8.36. The number of nitrogens with one attached hydrogen (secondary N) is 1. The highest BCUT2D eigenvalue weighted by molar-refractivity contribution is 5.31. The third kappa shape index (κ3) is 2.81. The van der Waals surface area contributed by atoms with Crippen LogP contribution in [0.2, 0.25) is 0 Å². The van der Waals surface area contributed by atoms with Gasteiger partial charge in [0.1, 0.15) is 0 Å². The van der Waals surface area contributed by atoms with Gasteiger partial charge in [-0.15, -0.1) is 0 Å². The maximum Gasteiger partial charge on any atom is 0.433 e. The maximum absolute atomic E-state index is 12.5. The molecular formula is C10H13F3N4O. The number of halogens is 3. The van der Waals surface area contributed by atoms with Crippen LogP contribution in [-0.2, 0) is 6.18 Å². The van der Waals surface area contributed by atoms with Gasteiger partial charge >= 0.3 is 6.18 Å². The van der Waals surface area contributed by atoms with Gasteiger partial charge in [-0.25, -0.2) is 4.98 Å². The van der Waals surface area contributed by atoms with E-state index in [1.807, 2.05) is 0 Å². The molecule has 1 aromatic rings. The van der Waals surface area contributed by atoms with Crippen molar-refractivity contribution >= 4 is 5.95 Å². The number of nitrogens with two attached hydrogens (primary N) is 1. The van der Waals surface area contributed by atoms with Crippen LogP contribution in [-0.4, -0.2) is 29.1 Å². The molecule has 0 radical (unpaired) electrons. The molecule has 1 fully saturated rings. The predicted molar refractivity (Wildman–Crippen MR) is 59.3 cm³/mol. The van der Waals surface area contributed by atoms with Crippen molar-refractivity contribution in [1.82, 2.24) is 9.97 Å². The first kappa shape index (κ1) is 12.9. The number of hydrogen-bond acceptors (Lipinski definition) is 4. The fraction of sp³-hybridized carbons (Fsp3) is 0.600. The van der Waals surface area contributed by atoms with E-state index in [0.29, 0.717) is 32.0 Å². The van der Waals surface area contributed by atoms with Crippen LogP contribution < -0.4 is 16.2 Å². The lowest BCUT2D eigenvalue weighted by Gasteiger charge is -2.30. The van der Waals surface area contributed by atoms with Crippen LogP contribution in [0.5, 0.6) is 0 Å². The second kappa shape index (κ2) is 4.60. The molecule has 100 valence electrons. The van der Waals surface area contributed by atoms with Gasteiger partial charge in [0.15, 0.2) is 5.69 Å². The maximum atomic E-state index is 12.5. The predicted octanol–water partition coefficient (Wildman–Crippen LogP) is 0.716. The fourth-order valence-corrected chi connectivity index (χ4v) is 1.85. The summed E-state index contributed by atoms with van der Waals surface area (Å²) in [7, 11) is 0. The van der Waals surface area contributed by atoms with Gasteiger partial charge in [0.05, 0.1) is 0 Å². The zero-order valence-corrected chi connectivity index (χ0v) is 9.50. The Morgan fingerprint density at radius 2 is 2.00 bits per heavy atom. The van der Waals surface area contributed by atoms with Crippen LogP contribution in [0, 0.1) is 0 Å². The molecule has 0 aromatic carbocycles. The minimum absolute atomic E-state index is 0.0401. The molecule has 8 heteroatoms. The van der Waals surface area contributed by atoms with Crippen LogP contribution in [0.1, 0.15) is 18.5 Å². The van der Waals surface area contributed by atoms with Crippen LogP contribution >= 0.6 is 0 Å². The summed E-state index contributed by atoms with van der Waals surface area (Å²) in [6.45, 7) is 0.983. The summed E-state index contributed by atoms with van der Waals surface area (Å²) in [6.07, 6.45) is -3.28. The number of hydrogen-bond donors (Lipinski definition) is 2. The van der Waals surface area contributed by atoms with Gasteiger partial charge in [-0.3, -0.25) is 9.78 Å². The topological polar surface area (TPSA) is 75.0 Å². The SMILES string of the molecule is NC1CCN(c2nc(C(F)(F)F)cc(=O)[nH]2)CC1. The van der Waals surface area contributed by atoms with E-state index < -0.39 is 17.4 Å². The largest absolute Gasteiger partial charge is 0.433 e. The molecule has 0 spiro atoms. The summed E-state index contributed by atoms with van der Waals surface area (Å²) < 4.78 is 37.6. The highest BCUT2D eigenvalue weighted by Crippen LogP contribution is 2.27. The van der Waals surface area contributed by atoms with Gasteiger partial charge in [-0.05, 0) is 12.8 Å². The number of rotatable bonds is 1. The average Bonchev–Trinajstić information content (AvgIpc) is 2.28. The van der Waals surface area contributed by atoms with E-state index in [2.05, 4.69) is 9.97 Å². The lowest BCUT2D eigenvalue weighted by atomic mass is 10.1. The van der Waals surface area contributed by atoms with Gasteiger partial charge < -0.3 is 10.6 Å². The summed E-state index contributed by atoms with van der Waals surface area (Å²) in [6, 6.07) is 0.512. The molecule has 5 nitrogen and oxygen atoms in total. The van der Waals surface area contributed by atoms with E-state index in [-0.39, 0.29) is 12.0 Å². The summed E-state index contributed by atoms with van der Waals surface area (Å²) >= 11 is 0. The first-order valence-electron chi connectivity index (χ1n) is 5.55. The van der Waals surface area contributed by atoms with Crippen LogP contribution in [0.4, 0.5) is 19.1 Å². The van der Waals surface area contributed by atoms with Crippen molar-refractivity contribution in [3.8, 4) is 0 Å². The molecule has 0 amide bonds. The van der Waals surface area contributed by atoms with Gasteiger partial charge in [0.25, 0.3) is 5.56 Å². The lowest BCUT2D eigenvalue weighted by Crippen LogP contribution is -2.41. The highest BCUT2D eigenvalue weighted by Gasteiger charge is 2.34. The van der Waals surface area contributed by atoms with Gasteiger partial charge in [-0.2, -0.15) is 13.2 Å². The third-order valence-corrected chi connectivity index (χ3v) is 2.86. The van der Waals surface area contributed by atoms with Crippen LogP contribution in [0.25, 0.3) is 0 Å². The van der Waals surface area contributed by atoms with Crippen molar-refractivity contribution in [2.24, 2.45) is 5.73 Å². The Hall–Kier alpha value is -1.57. The summed E-state index contributed by atoms with van der Waals surface area (Å²) in [5.74, 6) is -0.0401. The normalized spacial score (nSPS) is 18.1.